The first kappa shape index (κ1) is 5.41. The zero-order valence-electron chi connectivity index (χ0n) is 3.64. The molecule has 0 aliphatic heterocycles. The number of carbonyl (C=O) groups excluding carboxylic acids is 1. The highest BCUT2D eigenvalue weighted by Gasteiger charge is 1.74. The molecule has 0 rings (SSSR count). The molecule has 0 bridgehead atoms. The Balaban J connectivity index is 3.30. The standard InChI is InChI=1S/C5H6O/c1-3-4-5(2)6/h2-4H,1H3/b4-3+. The average Bonchev–Trinajstić information content (AvgIpc) is 1.35. The Labute approximate surface area is 37.7 Å². The Morgan fingerprint density at radius 2 is 2.33 bits per heavy atom. The molecule has 0 aliphatic carbocycles. The summed E-state index contributed by atoms with van der Waals surface area (Å²) in [7, 11) is 0. The van der Waals surface area contributed by atoms with Crippen LogP contribution >= 0.6 is 0 Å². The van der Waals surface area contributed by atoms with Gasteiger partial charge in [-0.15, -0.1) is 0 Å². The minimum absolute atomic E-state index is 0.391. The molecule has 0 saturated carbocycles. The van der Waals surface area contributed by atoms with Gasteiger partial charge in [0, 0.05) is 6.92 Å². The Bertz CT molecular complexity index is 72.0. The second-order valence-electron chi connectivity index (χ2n) is 0.902. The molecule has 0 amide bonds. The molecule has 0 atom stereocenters. The van der Waals surface area contributed by atoms with Crippen LogP contribution in [0.4, 0.5) is 0 Å². The molecule has 0 aromatic heterocycles. The van der Waals surface area contributed by atoms with Gasteiger partial charge in [-0.2, -0.15) is 0 Å². The molecule has 32 valence electrons. The van der Waals surface area contributed by atoms with Gasteiger partial charge in [0.15, 0.2) is 5.78 Å². The highest BCUT2D eigenvalue weighted by molar-refractivity contribution is 5.92. The second-order valence-corrected chi connectivity index (χ2v) is 0.902. The average molecular weight is 82.1 g/mol. The van der Waals surface area contributed by atoms with Crippen molar-refractivity contribution in [1.29, 1.82) is 0 Å². The van der Waals surface area contributed by atoms with E-state index in [0.717, 1.165) is 0 Å². The summed E-state index contributed by atoms with van der Waals surface area (Å²) >= 11 is 0. The molecular formula is C5H6O. The molecule has 0 saturated heterocycles. The number of rotatable bonds is 1. The van der Waals surface area contributed by atoms with Crippen molar-refractivity contribution in [3.05, 3.63) is 19.1 Å². The third-order valence-corrected chi connectivity index (χ3v) is 0.331. The summed E-state index contributed by atoms with van der Waals surface area (Å²) in [6.45, 7) is 6.42. The maximum atomic E-state index is 9.73. The molecule has 6 heavy (non-hydrogen) atoms. The summed E-state index contributed by atoms with van der Waals surface area (Å²) in [5, 5.41) is 0. The minimum Gasteiger partial charge on any atom is -0.295 e. The third kappa shape index (κ3) is 3.41. The molecule has 1 nitrogen and oxygen atoms in total. The Hall–Kier alpha value is -0.590. The smallest absolute Gasteiger partial charge is 0.159 e. The quantitative estimate of drug-likeness (QED) is 0.428. The fourth-order valence-electron chi connectivity index (χ4n) is 0.164. The summed E-state index contributed by atoms with van der Waals surface area (Å²) < 4.78 is 0. The molecule has 0 N–H and O–H groups in total. The van der Waals surface area contributed by atoms with E-state index in [9.17, 15) is 4.79 Å². The summed E-state index contributed by atoms with van der Waals surface area (Å²) in [4.78, 5) is 9.73. The molecule has 0 aromatic carbocycles. The van der Waals surface area contributed by atoms with Gasteiger partial charge >= 0.3 is 0 Å². The predicted molar refractivity (Wildman–Crippen MR) is 24.1 cm³/mol. The largest absolute Gasteiger partial charge is 0.295 e. The van der Waals surface area contributed by atoms with E-state index in [-0.39, 0.29) is 0 Å². The lowest BCUT2D eigenvalue weighted by molar-refractivity contribution is -0.110. The first-order valence-electron chi connectivity index (χ1n) is 1.69. The van der Waals surface area contributed by atoms with Gasteiger partial charge in [-0.1, -0.05) is 6.08 Å². The maximum Gasteiger partial charge on any atom is 0.159 e. The van der Waals surface area contributed by atoms with E-state index in [1.165, 1.54) is 6.08 Å². The van der Waals surface area contributed by atoms with E-state index < -0.39 is 5.78 Å². The first-order valence-corrected chi connectivity index (χ1v) is 1.69. The van der Waals surface area contributed by atoms with E-state index in [1.54, 1.807) is 13.0 Å². The minimum atomic E-state index is -0.391. The van der Waals surface area contributed by atoms with Crippen molar-refractivity contribution in [1.82, 2.24) is 0 Å². The van der Waals surface area contributed by atoms with Crippen molar-refractivity contribution in [3.63, 3.8) is 0 Å². The van der Waals surface area contributed by atoms with E-state index in [2.05, 4.69) is 6.92 Å². The van der Waals surface area contributed by atoms with Crippen molar-refractivity contribution >= 4 is 5.78 Å². The Morgan fingerprint density at radius 1 is 1.83 bits per heavy atom. The van der Waals surface area contributed by atoms with Crippen LogP contribution in [0.15, 0.2) is 12.2 Å². The van der Waals surface area contributed by atoms with Crippen LogP contribution in [-0.4, -0.2) is 5.78 Å². The van der Waals surface area contributed by atoms with Crippen LogP contribution in [-0.2, 0) is 4.79 Å². The van der Waals surface area contributed by atoms with E-state index in [1.807, 2.05) is 0 Å². The fourth-order valence-corrected chi connectivity index (χ4v) is 0.164. The van der Waals surface area contributed by atoms with Gasteiger partial charge in [-0.05, 0) is 13.0 Å². The zero-order valence-corrected chi connectivity index (χ0v) is 3.64. The molecule has 0 aliphatic rings. The van der Waals surface area contributed by atoms with Crippen LogP contribution in [0.5, 0.6) is 0 Å². The summed E-state index contributed by atoms with van der Waals surface area (Å²) in [5.74, 6) is -0.391. The fraction of sp³-hybridized carbons (Fsp3) is 0.200. The van der Waals surface area contributed by atoms with E-state index in [0.29, 0.717) is 0 Å². The highest BCUT2D eigenvalue weighted by atomic mass is 16.1. The van der Waals surface area contributed by atoms with Crippen molar-refractivity contribution in [2.75, 3.05) is 0 Å². The monoisotopic (exact) mass is 82.0 g/mol. The number of hydrogen-bond acceptors (Lipinski definition) is 1. The molecule has 0 aromatic rings. The van der Waals surface area contributed by atoms with Crippen LogP contribution in [0.1, 0.15) is 6.92 Å². The molecule has 2 radical (unpaired) electrons. The summed E-state index contributed by atoms with van der Waals surface area (Å²) in [6.07, 6.45) is 2.91. The van der Waals surface area contributed by atoms with Gasteiger partial charge in [-0.3, -0.25) is 4.79 Å². The molecular weight excluding hydrogens is 76.1 g/mol. The van der Waals surface area contributed by atoms with Gasteiger partial charge in [-0.25, -0.2) is 0 Å². The van der Waals surface area contributed by atoms with Crippen LogP contribution in [0.25, 0.3) is 0 Å². The number of hydrogen-bond donors (Lipinski definition) is 0. The number of carbonyl (C=O) groups is 1. The van der Waals surface area contributed by atoms with Gasteiger partial charge in [0.1, 0.15) is 0 Å². The van der Waals surface area contributed by atoms with Gasteiger partial charge in [0.2, 0.25) is 0 Å². The Morgan fingerprint density at radius 3 is 2.33 bits per heavy atom. The second kappa shape index (κ2) is 2.64. The van der Waals surface area contributed by atoms with E-state index >= 15 is 0 Å². The van der Waals surface area contributed by atoms with Gasteiger partial charge in [0.25, 0.3) is 0 Å². The summed E-state index contributed by atoms with van der Waals surface area (Å²) in [5.41, 5.74) is 0. The SMILES string of the molecule is [CH]C(=O)/C=C/C. The number of allylic oxidation sites excluding steroid dienone is 2. The summed E-state index contributed by atoms with van der Waals surface area (Å²) in [6, 6.07) is 0. The normalized spacial score (nSPS) is 9.67. The molecule has 0 unspecified atom stereocenters. The van der Waals surface area contributed by atoms with Crippen LogP contribution in [0.3, 0.4) is 0 Å². The molecule has 0 heterocycles. The van der Waals surface area contributed by atoms with Gasteiger partial charge in [0.05, 0.1) is 0 Å². The van der Waals surface area contributed by atoms with Gasteiger partial charge < -0.3 is 0 Å². The topological polar surface area (TPSA) is 17.1 Å². The lowest BCUT2D eigenvalue weighted by atomic mass is 10.4. The van der Waals surface area contributed by atoms with Crippen LogP contribution in [0, 0.1) is 6.92 Å². The van der Waals surface area contributed by atoms with E-state index in [4.69, 9.17) is 0 Å². The van der Waals surface area contributed by atoms with Crippen molar-refractivity contribution in [2.24, 2.45) is 0 Å². The number of ketones is 1. The Kier molecular flexibility index (Phi) is 2.38. The lowest BCUT2D eigenvalue weighted by Gasteiger charge is -1.67. The zero-order chi connectivity index (χ0) is 4.99. The maximum absolute atomic E-state index is 9.73. The first-order chi connectivity index (χ1) is 2.77. The van der Waals surface area contributed by atoms with Crippen LogP contribution < -0.4 is 0 Å². The lowest BCUT2D eigenvalue weighted by Crippen LogP contribution is -1.77. The van der Waals surface area contributed by atoms with Crippen molar-refractivity contribution in [3.8, 4) is 0 Å². The van der Waals surface area contributed by atoms with Crippen molar-refractivity contribution in [2.45, 2.75) is 6.92 Å². The molecule has 0 spiro atoms. The highest BCUT2D eigenvalue weighted by Crippen LogP contribution is 1.68. The third-order valence-electron chi connectivity index (χ3n) is 0.331. The predicted octanol–water partition coefficient (Wildman–Crippen LogP) is 0.843. The van der Waals surface area contributed by atoms with Crippen molar-refractivity contribution < 1.29 is 4.79 Å². The molecule has 0 fully saturated rings. The molecule has 1 heteroatoms. The van der Waals surface area contributed by atoms with Crippen LogP contribution in [0.2, 0.25) is 0 Å².